The Morgan fingerprint density at radius 2 is 0.769 bits per heavy atom. The maximum Gasteiger partial charge on any atom is -0.0126 e. The number of rotatable bonds is 3. The minimum absolute atomic E-state index is 0.0829. The minimum Gasteiger partial charge on any atom is -0.0581 e. The first-order valence-corrected chi connectivity index (χ1v) is 15.4. The van der Waals surface area contributed by atoms with Gasteiger partial charge in [-0.2, -0.15) is 0 Å². The van der Waals surface area contributed by atoms with E-state index in [1.807, 2.05) is 0 Å². The van der Waals surface area contributed by atoms with Gasteiger partial charge < -0.3 is 0 Å². The van der Waals surface area contributed by atoms with Crippen LogP contribution in [0.1, 0.15) is 182 Å². The molecule has 1 atom stereocenters. The Morgan fingerprint density at radius 1 is 0.436 bits per heavy atom. The van der Waals surface area contributed by atoms with Crippen LogP contribution in [0.15, 0.2) is 24.3 Å². The Labute approximate surface area is 244 Å². The third kappa shape index (κ3) is 7.80. The van der Waals surface area contributed by atoms with Gasteiger partial charge in [0.2, 0.25) is 0 Å². The van der Waals surface area contributed by atoms with Gasteiger partial charge in [-0.05, 0) is 89.3 Å². The molecule has 220 valence electrons. The van der Waals surface area contributed by atoms with Crippen molar-refractivity contribution in [3.8, 4) is 0 Å². The van der Waals surface area contributed by atoms with E-state index >= 15 is 0 Å². The van der Waals surface area contributed by atoms with Gasteiger partial charge in [-0.1, -0.05) is 156 Å². The van der Waals surface area contributed by atoms with Gasteiger partial charge in [0.15, 0.2) is 0 Å². The lowest BCUT2D eigenvalue weighted by Gasteiger charge is -2.38. The van der Waals surface area contributed by atoms with Crippen molar-refractivity contribution in [2.75, 3.05) is 0 Å². The summed E-state index contributed by atoms with van der Waals surface area (Å²) in [6.07, 6.45) is 1.06. The van der Waals surface area contributed by atoms with E-state index in [2.05, 4.69) is 156 Å². The molecule has 0 aliphatic carbocycles. The lowest BCUT2D eigenvalue weighted by atomic mass is 9.67. The van der Waals surface area contributed by atoms with Crippen molar-refractivity contribution in [3.05, 3.63) is 68.8 Å². The zero-order valence-electron chi connectivity index (χ0n) is 29.6. The molecule has 0 N–H and O–H groups in total. The molecule has 0 spiro atoms. The van der Waals surface area contributed by atoms with Crippen LogP contribution in [0.25, 0.3) is 0 Å². The van der Waals surface area contributed by atoms with Crippen molar-refractivity contribution in [2.45, 2.75) is 176 Å². The standard InChI is InChI=1S/C39H64/c1-25(26-21-31(37(11,12)13)33(39(17,18)19)32(22-26)38(14,15)16)20-28-29(35(5,6)7)23-27(34(2,3)4)24-30(28)36(8,9)10/h21-25H,20H2,1-19H3. The second-order valence-electron chi connectivity index (χ2n) is 18.6. The molecular formula is C39H64. The molecule has 0 aliphatic rings. The Morgan fingerprint density at radius 3 is 1.03 bits per heavy atom. The monoisotopic (exact) mass is 533 g/mol. The van der Waals surface area contributed by atoms with Crippen molar-refractivity contribution in [3.63, 3.8) is 0 Å². The minimum atomic E-state index is 0.0829. The van der Waals surface area contributed by atoms with Crippen molar-refractivity contribution in [1.82, 2.24) is 0 Å². The second kappa shape index (κ2) is 10.4. The largest absolute Gasteiger partial charge is 0.0581 e. The highest BCUT2D eigenvalue weighted by atomic mass is 14.4. The summed E-state index contributed by atoms with van der Waals surface area (Å²) in [5.41, 5.74) is 12.6. The first kappa shape index (κ1) is 33.6. The van der Waals surface area contributed by atoms with Crippen LogP contribution in [-0.2, 0) is 38.9 Å². The van der Waals surface area contributed by atoms with Gasteiger partial charge in [-0.25, -0.2) is 0 Å². The highest BCUT2D eigenvalue weighted by Gasteiger charge is 2.34. The lowest BCUT2D eigenvalue weighted by Crippen LogP contribution is -2.29. The summed E-state index contributed by atoms with van der Waals surface area (Å²) in [6, 6.07) is 10.2. The van der Waals surface area contributed by atoms with Crippen LogP contribution >= 0.6 is 0 Å². The van der Waals surface area contributed by atoms with E-state index in [1.165, 1.54) is 33.4 Å². The van der Waals surface area contributed by atoms with Crippen molar-refractivity contribution < 1.29 is 0 Å². The summed E-state index contributed by atoms with van der Waals surface area (Å²) in [4.78, 5) is 0. The van der Waals surface area contributed by atoms with Gasteiger partial charge in [0.25, 0.3) is 0 Å². The molecule has 0 aromatic heterocycles. The molecule has 0 fully saturated rings. The third-order valence-corrected chi connectivity index (χ3v) is 8.34. The average Bonchev–Trinajstić information content (AvgIpc) is 2.68. The van der Waals surface area contributed by atoms with Crippen LogP contribution in [-0.4, -0.2) is 0 Å². The van der Waals surface area contributed by atoms with Crippen molar-refractivity contribution in [2.24, 2.45) is 0 Å². The van der Waals surface area contributed by atoms with E-state index in [9.17, 15) is 0 Å². The predicted octanol–water partition coefficient (Wildman–Crippen LogP) is 11.8. The Balaban J connectivity index is 2.91. The molecule has 0 amide bonds. The van der Waals surface area contributed by atoms with Gasteiger partial charge in [0.05, 0.1) is 0 Å². The van der Waals surface area contributed by atoms with Crippen molar-refractivity contribution >= 4 is 0 Å². The fourth-order valence-electron chi connectivity index (χ4n) is 6.03. The molecule has 0 saturated heterocycles. The molecule has 0 heteroatoms. The summed E-state index contributed by atoms with van der Waals surface area (Å²) in [7, 11) is 0. The van der Waals surface area contributed by atoms with E-state index in [0.29, 0.717) is 5.92 Å². The number of hydrogen-bond acceptors (Lipinski definition) is 0. The normalized spacial score (nSPS) is 15.1. The van der Waals surface area contributed by atoms with E-state index in [-0.39, 0.29) is 32.5 Å². The van der Waals surface area contributed by atoms with Crippen LogP contribution in [0.2, 0.25) is 0 Å². The van der Waals surface area contributed by atoms with Crippen LogP contribution in [0.4, 0.5) is 0 Å². The second-order valence-corrected chi connectivity index (χ2v) is 18.6. The molecule has 0 bridgehead atoms. The molecule has 2 aromatic carbocycles. The summed E-state index contributed by atoms with van der Waals surface area (Å²) in [6.45, 7) is 45.3. The van der Waals surface area contributed by atoms with E-state index in [0.717, 1.165) is 6.42 Å². The zero-order chi connectivity index (χ0) is 30.7. The Bertz CT molecular complexity index is 1090. The van der Waals surface area contributed by atoms with Gasteiger partial charge in [0, 0.05) is 0 Å². The van der Waals surface area contributed by atoms with Gasteiger partial charge in [0.1, 0.15) is 0 Å². The fraction of sp³-hybridized carbons (Fsp3) is 0.692. The molecule has 0 aliphatic heterocycles. The maximum absolute atomic E-state index is 2.57. The molecular weight excluding hydrogens is 468 g/mol. The number of benzene rings is 2. The number of hydrogen-bond donors (Lipinski definition) is 0. The summed E-state index contributed by atoms with van der Waals surface area (Å²) >= 11 is 0. The van der Waals surface area contributed by atoms with Gasteiger partial charge in [-0.3, -0.25) is 0 Å². The summed E-state index contributed by atoms with van der Waals surface area (Å²) < 4.78 is 0. The molecule has 0 heterocycles. The molecule has 2 rings (SSSR count). The van der Waals surface area contributed by atoms with Crippen LogP contribution in [0.3, 0.4) is 0 Å². The van der Waals surface area contributed by atoms with Crippen LogP contribution in [0, 0.1) is 0 Å². The SMILES string of the molecule is CC(Cc1c(C(C)(C)C)cc(C(C)(C)C)cc1C(C)(C)C)c1cc(C(C)(C)C)c(C(C)(C)C)c(C(C)(C)C)c1. The van der Waals surface area contributed by atoms with Crippen molar-refractivity contribution in [1.29, 1.82) is 0 Å². The third-order valence-electron chi connectivity index (χ3n) is 8.34. The molecule has 2 aromatic rings. The maximum atomic E-state index is 2.57. The molecule has 0 radical (unpaired) electrons. The van der Waals surface area contributed by atoms with Crippen LogP contribution in [0.5, 0.6) is 0 Å². The summed E-state index contributed by atoms with van der Waals surface area (Å²) in [5.74, 6) is 0.420. The highest BCUT2D eigenvalue weighted by molar-refractivity contribution is 5.52. The molecule has 39 heavy (non-hydrogen) atoms. The molecule has 0 saturated carbocycles. The first-order valence-electron chi connectivity index (χ1n) is 15.4. The Kier molecular flexibility index (Phi) is 8.94. The van der Waals surface area contributed by atoms with Crippen LogP contribution < -0.4 is 0 Å². The predicted molar refractivity (Wildman–Crippen MR) is 177 cm³/mol. The van der Waals surface area contributed by atoms with Gasteiger partial charge >= 0.3 is 0 Å². The quantitative estimate of drug-likeness (QED) is 0.369. The highest BCUT2D eigenvalue weighted by Crippen LogP contribution is 2.44. The molecule has 0 nitrogen and oxygen atoms in total. The van der Waals surface area contributed by atoms with E-state index < -0.39 is 0 Å². The average molecular weight is 533 g/mol. The lowest BCUT2D eigenvalue weighted by molar-refractivity contribution is 0.495. The van der Waals surface area contributed by atoms with Gasteiger partial charge in [-0.15, -0.1) is 0 Å². The topological polar surface area (TPSA) is 0 Å². The van der Waals surface area contributed by atoms with E-state index in [4.69, 9.17) is 0 Å². The molecule has 1 unspecified atom stereocenters. The zero-order valence-corrected chi connectivity index (χ0v) is 29.6. The fourth-order valence-corrected chi connectivity index (χ4v) is 6.03. The van der Waals surface area contributed by atoms with E-state index in [1.54, 1.807) is 11.1 Å². The first-order chi connectivity index (χ1) is 17.1. The summed E-state index contributed by atoms with van der Waals surface area (Å²) in [5, 5.41) is 0. The Hall–Kier alpha value is -1.56. The smallest absolute Gasteiger partial charge is 0.0126 e.